The van der Waals surface area contributed by atoms with Gasteiger partial charge in [-0.25, -0.2) is 9.37 Å². The number of hydrogen-bond acceptors (Lipinski definition) is 3. The minimum Gasteiger partial charge on any atom is -0.395 e. The Morgan fingerprint density at radius 3 is 2.61 bits per heavy atom. The SMILES string of the molecule is Cc1nc(Cc2cc(F)cc(C(F)(F)F)c2)cn1-c1ccc(C(=O)NCCO)c(Cl)c1. The quantitative estimate of drug-likeness (QED) is 0.544. The number of amides is 1. The number of hydrogen-bond donors (Lipinski definition) is 2. The minimum atomic E-state index is -4.64. The Labute approximate surface area is 180 Å². The molecule has 0 radical (unpaired) electrons. The fourth-order valence-corrected chi connectivity index (χ4v) is 3.37. The second-order valence-corrected chi connectivity index (χ2v) is 7.22. The monoisotopic (exact) mass is 455 g/mol. The summed E-state index contributed by atoms with van der Waals surface area (Å²) in [7, 11) is 0. The molecule has 5 nitrogen and oxygen atoms in total. The number of nitrogens with zero attached hydrogens (tertiary/aromatic N) is 2. The van der Waals surface area contributed by atoms with Gasteiger partial charge in [-0.15, -0.1) is 0 Å². The third-order valence-corrected chi connectivity index (χ3v) is 4.79. The van der Waals surface area contributed by atoms with E-state index < -0.39 is 23.5 Å². The highest BCUT2D eigenvalue weighted by Crippen LogP contribution is 2.31. The summed E-state index contributed by atoms with van der Waals surface area (Å²) in [5.74, 6) is -0.862. The van der Waals surface area contributed by atoms with Crippen LogP contribution in [0, 0.1) is 12.7 Å². The summed E-state index contributed by atoms with van der Waals surface area (Å²) in [4.78, 5) is 16.4. The van der Waals surface area contributed by atoms with E-state index in [-0.39, 0.29) is 35.7 Å². The molecule has 0 aliphatic rings. The molecule has 2 N–H and O–H groups in total. The summed E-state index contributed by atoms with van der Waals surface area (Å²) in [6.45, 7) is 1.59. The van der Waals surface area contributed by atoms with Gasteiger partial charge < -0.3 is 15.0 Å². The first-order valence-corrected chi connectivity index (χ1v) is 9.57. The molecule has 0 atom stereocenters. The van der Waals surface area contributed by atoms with E-state index in [0.717, 1.165) is 12.1 Å². The van der Waals surface area contributed by atoms with Gasteiger partial charge >= 0.3 is 6.18 Å². The topological polar surface area (TPSA) is 67.2 Å². The van der Waals surface area contributed by atoms with Gasteiger partial charge in [0.2, 0.25) is 0 Å². The number of rotatable bonds is 6. The van der Waals surface area contributed by atoms with Gasteiger partial charge in [-0.1, -0.05) is 11.6 Å². The van der Waals surface area contributed by atoms with Crippen LogP contribution in [0.1, 0.15) is 33.0 Å². The molecule has 10 heteroatoms. The highest BCUT2D eigenvalue weighted by Gasteiger charge is 2.31. The van der Waals surface area contributed by atoms with Crippen molar-refractivity contribution in [1.82, 2.24) is 14.9 Å². The van der Waals surface area contributed by atoms with Crippen LogP contribution < -0.4 is 5.32 Å². The summed E-state index contributed by atoms with van der Waals surface area (Å²) >= 11 is 6.21. The average Bonchev–Trinajstić information content (AvgIpc) is 3.04. The predicted molar refractivity (Wildman–Crippen MR) is 107 cm³/mol. The van der Waals surface area contributed by atoms with Gasteiger partial charge in [0.15, 0.2) is 0 Å². The van der Waals surface area contributed by atoms with E-state index in [1.165, 1.54) is 6.07 Å². The standard InChI is InChI=1S/C21H18ClF4N3O2/c1-12-28-16(8-13-6-14(21(24,25)26)9-15(23)7-13)11-29(12)17-2-3-18(19(22)10-17)20(31)27-4-5-30/h2-3,6-7,9-11,30H,4-5,8H2,1H3,(H,27,31). The van der Waals surface area contributed by atoms with Crippen molar-refractivity contribution < 1.29 is 27.5 Å². The maximum atomic E-state index is 13.6. The minimum absolute atomic E-state index is 0.00403. The average molecular weight is 456 g/mol. The van der Waals surface area contributed by atoms with Crippen LogP contribution in [0.3, 0.4) is 0 Å². The first kappa shape index (κ1) is 22.8. The Kier molecular flexibility index (Phi) is 6.66. The van der Waals surface area contributed by atoms with Crippen molar-refractivity contribution in [3.05, 3.63) is 81.6 Å². The zero-order valence-electron chi connectivity index (χ0n) is 16.3. The van der Waals surface area contributed by atoms with E-state index in [1.54, 1.807) is 29.8 Å². The summed E-state index contributed by atoms with van der Waals surface area (Å²) in [6.07, 6.45) is -3.02. The third-order valence-electron chi connectivity index (χ3n) is 4.48. The Bertz CT molecular complexity index is 1110. The molecule has 0 saturated heterocycles. The van der Waals surface area contributed by atoms with E-state index in [0.29, 0.717) is 23.3 Å². The lowest BCUT2D eigenvalue weighted by atomic mass is 10.1. The van der Waals surface area contributed by atoms with Gasteiger partial charge in [-0.2, -0.15) is 13.2 Å². The van der Waals surface area contributed by atoms with E-state index in [2.05, 4.69) is 10.3 Å². The van der Waals surface area contributed by atoms with Crippen molar-refractivity contribution in [2.24, 2.45) is 0 Å². The number of aromatic nitrogens is 2. The Morgan fingerprint density at radius 2 is 1.97 bits per heavy atom. The van der Waals surface area contributed by atoms with Crippen LogP contribution >= 0.6 is 11.6 Å². The normalized spacial score (nSPS) is 11.6. The fraction of sp³-hybridized carbons (Fsp3) is 0.238. The second kappa shape index (κ2) is 9.07. The van der Waals surface area contributed by atoms with Crippen LogP contribution in [0.4, 0.5) is 17.6 Å². The van der Waals surface area contributed by atoms with E-state index in [1.807, 2.05) is 0 Å². The second-order valence-electron chi connectivity index (χ2n) is 6.82. The highest BCUT2D eigenvalue weighted by molar-refractivity contribution is 6.34. The van der Waals surface area contributed by atoms with Crippen LogP contribution in [-0.2, 0) is 12.6 Å². The van der Waals surface area contributed by atoms with Crippen LogP contribution in [-0.4, -0.2) is 33.7 Å². The van der Waals surface area contributed by atoms with Gasteiger partial charge in [-0.05, 0) is 48.9 Å². The zero-order valence-corrected chi connectivity index (χ0v) is 17.1. The van der Waals surface area contributed by atoms with Gasteiger partial charge in [0.05, 0.1) is 28.5 Å². The van der Waals surface area contributed by atoms with Crippen molar-refractivity contribution in [2.45, 2.75) is 19.5 Å². The lowest BCUT2D eigenvalue weighted by Crippen LogP contribution is -2.26. The van der Waals surface area contributed by atoms with Crippen LogP contribution in [0.2, 0.25) is 5.02 Å². The number of benzene rings is 2. The first-order valence-electron chi connectivity index (χ1n) is 9.19. The van der Waals surface area contributed by atoms with Crippen molar-refractivity contribution >= 4 is 17.5 Å². The highest BCUT2D eigenvalue weighted by atomic mass is 35.5. The van der Waals surface area contributed by atoms with Gasteiger partial charge in [-0.3, -0.25) is 4.79 Å². The fourth-order valence-electron chi connectivity index (χ4n) is 3.11. The van der Waals surface area contributed by atoms with Crippen molar-refractivity contribution in [2.75, 3.05) is 13.2 Å². The van der Waals surface area contributed by atoms with E-state index in [9.17, 15) is 22.4 Å². The molecule has 2 aromatic carbocycles. The molecule has 0 bridgehead atoms. The molecule has 1 heterocycles. The number of aliphatic hydroxyl groups is 1. The summed E-state index contributed by atoms with van der Waals surface area (Å²) in [6, 6.07) is 7.10. The molecule has 0 aliphatic heterocycles. The number of imidazole rings is 1. The maximum absolute atomic E-state index is 13.6. The van der Waals surface area contributed by atoms with Crippen molar-refractivity contribution in [1.29, 1.82) is 0 Å². The number of carbonyl (C=O) groups is 1. The molecule has 1 amide bonds. The summed E-state index contributed by atoms with van der Waals surface area (Å²) in [5.41, 5.74) is 0.356. The number of halogens is 5. The summed E-state index contributed by atoms with van der Waals surface area (Å²) in [5, 5.41) is 11.5. The maximum Gasteiger partial charge on any atom is 0.416 e. The van der Waals surface area contributed by atoms with Crippen LogP contribution in [0.15, 0.2) is 42.6 Å². The lowest BCUT2D eigenvalue weighted by molar-refractivity contribution is -0.137. The molecule has 3 aromatic rings. The van der Waals surface area contributed by atoms with Crippen molar-refractivity contribution in [3.63, 3.8) is 0 Å². The molecule has 0 aliphatic carbocycles. The Hall–Kier alpha value is -2.91. The Morgan fingerprint density at radius 1 is 1.23 bits per heavy atom. The van der Waals surface area contributed by atoms with Crippen LogP contribution in [0.5, 0.6) is 0 Å². The number of aryl methyl sites for hydroxylation is 1. The molecular formula is C21H18ClF4N3O2. The molecule has 1 aromatic heterocycles. The molecule has 164 valence electrons. The smallest absolute Gasteiger partial charge is 0.395 e. The molecular weight excluding hydrogens is 438 g/mol. The molecule has 0 unspecified atom stereocenters. The molecule has 0 saturated carbocycles. The third kappa shape index (κ3) is 5.42. The van der Waals surface area contributed by atoms with E-state index >= 15 is 0 Å². The van der Waals surface area contributed by atoms with Crippen LogP contribution in [0.25, 0.3) is 5.69 Å². The molecule has 3 rings (SSSR count). The Balaban J connectivity index is 1.86. The van der Waals surface area contributed by atoms with Gasteiger partial charge in [0.25, 0.3) is 5.91 Å². The van der Waals surface area contributed by atoms with E-state index in [4.69, 9.17) is 16.7 Å². The molecule has 0 fully saturated rings. The van der Waals surface area contributed by atoms with Gasteiger partial charge in [0.1, 0.15) is 11.6 Å². The lowest BCUT2D eigenvalue weighted by Gasteiger charge is -2.09. The van der Waals surface area contributed by atoms with Gasteiger partial charge in [0, 0.05) is 24.8 Å². The largest absolute Gasteiger partial charge is 0.416 e. The summed E-state index contributed by atoms with van der Waals surface area (Å²) < 4.78 is 54.1. The number of aliphatic hydroxyl groups excluding tert-OH is 1. The number of alkyl halides is 3. The van der Waals surface area contributed by atoms with Crippen molar-refractivity contribution in [3.8, 4) is 5.69 Å². The predicted octanol–water partition coefficient (Wildman–Crippen LogP) is 4.30. The zero-order chi connectivity index (χ0) is 22.8. The molecule has 0 spiro atoms. The number of nitrogens with one attached hydrogen (secondary N) is 1. The first-order chi connectivity index (χ1) is 14.6. The number of carbonyl (C=O) groups excluding carboxylic acids is 1. The molecule has 31 heavy (non-hydrogen) atoms.